The molecule has 5 nitrogen and oxygen atoms in total. The van der Waals surface area contributed by atoms with Crippen molar-refractivity contribution in [3.05, 3.63) is 22.7 Å². The van der Waals surface area contributed by atoms with E-state index in [1.54, 1.807) is 6.92 Å². The van der Waals surface area contributed by atoms with Gasteiger partial charge in [-0.05, 0) is 6.92 Å². The molecule has 0 aliphatic rings. The van der Waals surface area contributed by atoms with Crippen molar-refractivity contribution in [2.75, 3.05) is 0 Å². The average molecular weight is 212 g/mol. The number of aryl methyl sites for hydroxylation is 1. The first-order valence-electron chi connectivity index (χ1n) is 3.83. The van der Waals surface area contributed by atoms with Gasteiger partial charge >= 0.3 is 5.97 Å². The largest absolute Gasteiger partial charge is 0.478 e. The normalized spacial score (nSPS) is 10.7. The van der Waals surface area contributed by atoms with Crippen molar-refractivity contribution in [3.8, 4) is 0 Å². The van der Waals surface area contributed by atoms with Crippen LogP contribution < -0.4 is 0 Å². The zero-order chi connectivity index (χ0) is 10.3. The van der Waals surface area contributed by atoms with Crippen LogP contribution in [0.2, 0.25) is 5.15 Å². The molecule has 6 heteroatoms. The SMILES string of the molecule is Cc1[nH]c2ncnc(Cl)c2c1C(=O)O. The van der Waals surface area contributed by atoms with Gasteiger partial charge < -0.3 is 10.1 Å². The summed E-state index contributed by atoms with van der Waals surface area (Å²) in [5, 5.41) is 9.45. The number of nitrogens with zero attached hydrogens (tertiary/aromatic N) is 2. The second kappa shape index (κ2) is 2.95. The van der Waals surface area contributed by atoms with Crippen LogP contribution in [-0.2, 0) is 0 Å². The first kappa shape index (κ1) is 8.96. The summed E-state index contributed by atoms with van der Waals surface area (Å²) in [4.78, 5) is 21.4. The maximum Gasteiger partial charge on any atom is 0.338 e. The molecule has 0 atom stereocenters. The number of fused-ring (bicyclic) bond motifs is 1. The van der Waals surface area contributed by atoms with Gasteiger partial charge in [0.1, 0.15) is 17.1 Å². The Labute approximate surface area is 83.8 Å². The lowest BCUT2D eigenvalue weighted by atomic mass is 10.2. The fourth-order valence-corrected chi connectivity index (χ4v) is 1.60. The van der Waals surface area contributed by atoms with Gasteiger partial charge in [0.15, 0.2) is 0 Å². The van der Waals surface area contributed by atoms with Gasteiger partial charge in [-0.25, -0.2) is 14.8 Å². The van der Waals surface area contributed by atoms with Gasteiger partial charge in [0.05, 0.1) is 10.9 Å². The number of aromatic nitrogens is 3. The molecule has 0 amide bonds. The van der Waals surface area contributed by atoms with E-state index >= 15 is 0 Å². The molecule has 2 aromatic rings. The number of carbonyl (C=O) groups is 1. The summed E-state index contributed by atoms with van der Waals surface area (Å²) in [6, 6.07) is 0. The van der Waals surface area contributed by atoms with Gasteiger partial charge in [-0.1, -0.05) is 11.6 Å². The first-order valence-corrected chi connectivity index (χ1v) is 4.21. The molecule has 0 unspecified atom stereocenters. The summed E-state index contributed by atoms with van der Waals surface area (Å²) in [7, 11) is 0. The van der Waals surface area contributed by atoms with Crippen LogP contribution >= 0.6 is 11.6 Å². The van der Waals surface area contributed by atoms with Gasteiger partial charge in [-0.2, -0.15) is 0 Å². The molecule has 2 rings (SSSR count). The quantitative estimate of drug-likeness (QED) is 0.703. The molecule has 0 aliphatic carbocycles. The van der Waals surface area contributed by atoms with Gasteiger partial charge in [0, 0.05) is 5.69 Å². The third-order valence-electron chi connectivity index (χ3n) is 1.95. The molecule has 72 valence electrons. The topological polar surface area (TPSA) is 78.9 Å². The van der Waals surface area contributed by atoms with Crippen LogP contribution in [0.5, 0.6) is 0 Å². The summed E-state index contributed by atoms with van der Waals surface area (Å²) < 4.78 is 0. The Morgan fingerprint density at radius 3 is 2.93 bits per heavy atom. The zero-order valence-electron chi connectivity index (χ0n) is 7.21. The summed E-state index contributed by atoms with van der Waals surface area (Å²) >= 11 is 5.79. The van der Waals surface area contributed by atoms with E-state index in [1.165, 1.54) is 6.33 Å². The number of hydrogen-bond acceptors (Lipinski definition) is 3. The lowest BCUT2D eigenvalue weighted by molar-refractivity contribution is 0.0698. The van der Waals surface area contributed by atoms with Crippen LogP contribution in [0.1, 0.15) is 16.1 Å². The molecule has 0 aliphatic heterocycles. The molecule has 0 saturated carbocycles. The van der Waals surface area contributed by atoms with Crippen molar-refractivity contribution in [1.82, 2.24) is 15.0 Å². The van der Waals surface area contributed by atoms with E-state index in [4.69, 9.17) is 16.7 Å². The second-order valence-corrected chi connectivity index (χ2v) is 3.18. The maximum atomic E-state index is 10.9. The average Bonchev–Trinajstić information content (AvgIpc) is 2.42. The van der Waals surface area contributed by atoms with E-state index in [-0.39, 0.29) is 10.7 Å². The van der Waals surface area contributed by atoms with E-state index in [0.29, 0.717) is 16.7 Å². The third kappa shape index (κ3) is 1.13. The molecule has 2 N–H and O–H groups in total. The predicted molar refractivity (Wildman–Crippen MR) is 50.6 cm³/mol. The Morgan fingerprint density at radius 2 is 2.29 bits per heavy atom. The molecular formula is C8H6ClN3O2. The number of aromatic carboxylic acids is 1. The second-order valence-electron chi connectivity index (χ2n) is 2.82. The summed E-state index contributed by atoms with van der Waals surface area (Å²) in [5.74, 6) is -1.04. The van der Waals surface area contributed by atoms with E-state index in [0.717, 1.165) is 0 Å². The van der Waals surface area contributed by atoms with E-state index < -0.39 is 5.97 Å². The van der Waals surface area contributed by atoms with Gasteiger partial charge in [0.25, 0.3) is 0 Å². The Bertz CT molecular complexity index is 521. The van der Waals surface area contributed by atoms with Crippen LogP contribution in [0.15, 0.2) is 6.33 Å². The van der Waals surface area contributed by atoms with E-state index in [2.05, 4.69) is 15.0 Å². The molecule has 14 heavy (non-hydrogen) atoms. The van der Waals surface area contributed by atoms with Crippen LogP contribution in [0.25, 0.3) is 11.0 Å². The standard InChI is InChI=1S/C8H6ClN3O2/c1-3-4(8(13)14)5-6(9)10-2-11-7(5)12-3/h2H,1H3,(H,13,14)(H,10,11,12). The van der Waals surface area contributed by atoms with Crippen molar-refractivity contribution < 1.29 is 9.90 Å². The number of H-pyrrole nitrogens is 1. The molecular weight excluding hydrogens is 206 g/mol. The van der Waals surface area contributed by atoms with Crippen molar-refractivity contribution in [2.24, 2.45) is 0 Å². The van der Waals surface area contributed by atoms with Crippen molar-refractivity contribution >= 4 is 28.6 Å². The third-order valence-corrected chi connectivity index (χ3v) is 2.23. The first-order chi connectivity index (χ1) is 6.61. The molecule has 2 aromatic heterocycles. The molecule has 0 fully saturated rings. The minimum absolute atomic E-state index is 0.130. The zero-order valence-corrected chi connectivity index (χ0v) is 7.96. The van der Waals surface area contributed by atoms with Crippen molar-refractivity contribution in [1.29, 1.82) is 0 Å². The number of carboxylic acids is 1. The van der Waals surface area contributed by atoms with Crippen LogP contribution in [0, 0.1) is 6.92 Å². The van der Waals surface area contributed by atoms with Crippen molar-refractivity contribution in [2.45, 2.75) is 6.92 Å². The highest BCUT2D eigenvalue weighted by molar-refractivity contribution is 6.35. The van der Waals surface area contributed by atoms with Gasteiger partial charge in [-0.3, -0.25) is 0 Å². The number of halogens is 1. The number of nitrogens with one attached hydrogen (secondary N) is 1. The highest BCUT2D eigenvalue weighted by Crippen LogP contribution is 2.25. The lowest BCUT2D eigenvalue weighted by Gasteiger charge is -1.94. The lowest BCUT2D eigenvalue weighted by Crippen LogP contribution is -1.97. The fraction of sp³-hybridized carbons (Fsp3) is 0.125. The molecule has 0 aromatic carbocycles. The summed E-state index contributed by atoms with van der Waals surface area (Å²) in [6.45, 7) is 1.65. The fourth-order valence-electron chi connectivity index (χ4n) is 1.38. The minimum Gasteiger partial charge on any atom is -0.478 e. The molecule has 0 bridgehead atoms. The monoisotopic (exact) mass is 211 g/mol. The number of hydrogen-bond donors (Lipinski definition) is 2. The summed E-state index contributed by atoms with van der Waals surface area (Å²) in [5.41, 5.74) is 1.10. The van der Waals surface area contributed by atoms with Crippen LogP contribution in [0.4, 0.5) is 0 Å². The molecule has 2 heterocycles. The van der Waals surface area contributed by atoms with Crippen LogP contribution in [0.3, 0.4) is 0 Å². The number of carboxylic acid groups (broad SMARTS) is 1. The Morgan fingerprint density at radius 1 is 1.57 bits per heavy atom. The minimum atomic E-state index is -1.04. The van der Waals surface area contributed by atoms with Crippen LogP contribution in [-0.4, -0.2) is 26.0 Å². The molecule has 0 saturated heterocycles. The summed E-state index contributed by atoms with van der Waals surface area (Å²) in [6.07, 6.45) is 1.28. The molecule has 0 radical (unpaired) electrons. The van der Waals surface area contributed by atoms with Crippen molar-refractivity contribution in [3.63, 3.8) is 0 Å². The van der Waals surface area contributed by atoms with Gasteiger partial charge in [0.2, 0.25) is 0 Å². The van der Waals surface area contributed by atoms with E-state index in [9.17, 15) is 4.79 Å². The Kier molecular flexibility index (Phi) is 1.89. The van der Waals surface area contributed by atoms with E-state index in [1.807, 2.05) is 0 Å². The highest BCUT2D eigenvalue weighted by atomic mass is 35.5. The predicted octanol–water partition coefficient (Wildman–Crippen LogP) is 1.62. The molecule has 0 spiro atoms. The smallest absolute Gasteiger partial charge is 0.338 e. The Hall–Kier alpha value is -1.62. The number of aromatic amines is 1. The number of rotatable bonds is 1. The highest BCUT2D eigenvalue weighted by Gasteiger charge is 2.18. The Balaban J connectivity index is 2.93. The maximum absolute atomic E-state index is 10.9. The van der Waals surface area contributed by atoms with Gasteiger partial charge in [-0.15, -0.1) is 0 Å².